The zero-order valence-corrected chi connectivity index (χ0v) is 15.7. The molecule has 1 heterocycles. The molecule has 0 aliphatic carbocycles. The Kier molecular flexibility index (Phi) is 6.15. The van der Waals surface area contributed by atoms with Crippen molar-refractivity contribution >= 4 is 27.3 Å². The number of hydrogen-bond acceptors (Lipinski definition) is 4. The number of hydrogen-bond donors (Lipinski definition) is 1. The molecule has 0 unspecified atom stereocenters. The Labute approximate surface area is 147 Å². The number of rotatable bonds is 7. The van der Waals surface area contributed by atoms with Gasteiger partial charge in [-0.25, -0.2) is 13.1 Å². The number of aryl methyl sites for hydroxylation is 2. The number of sulfonamides is 1. The standard InChI is InChI=1S/C17H22N2O3S2/c1-13-6-7-14(2)16(11-13)24(21,22)18-9-8-17(20)19(3)12-15-5-4-10-23-15/h4-7,10-11,18H,8-9,12H2,1-3H3. The van der Waals surface area contributed by atoms with E-state index in [1.54, 1.807) is 42.3 Å². The van der Waals surface area contributed by atoms with Gasteiger partial charge in [0.05, 0.1) is 11.4 Å². The summed E-state index contributed by atoms with van der Waals surface area (Å²) in [6, 6.07) is 9.21. The Balaban J connectivity index is 1.90. The number of amides is 1. The van der Waals surface area contributed by atoms with Crippen LogP contribution in [-0.4, -0.2) is 32.8 Å². The Morgan fingerprint density at radius 3 is 2.67 bits per heavy atom. The lowest BCUT2D eigenvalue weighted by atomic mass is 10.2. The summed E-state index contributed by atoms with van der Waals surface area (Å²) < 4.78 is 27.3. The largest absolute Gasteiger partial charge is 0.341 e. The highest BCUT2D eigenvalue weighted by Crippen LogP contribution is 2.16. The van der Waals surface area contributed by atoms with Crippen LogP contribution in [0.1, 0.15) is 22.4 Å². The fourth-order valence-corrected chi connectivity index (χ4v) is 4.40. The van der Waals surface area contributed by atoms with E-state index >= 15 is 0 Å². The third-order valence-electron chi connectivity index (χ3n) is 3.66. The van der Waals surface area contributed by atoms with Crippen molar-refractivity contribution in [2.45, 2.75) is 31.7 Å². The molecule has 0 spiro atoms. The number of nitrogens with zero attached hydrogens (tertiary/aromatic N) is 1. The first-order valence-electron chi connectivity index (χ1n) is 7.63. The van der Waals surface area contributed by atoms with Crippen molar-refractivity contribution in [1.82, 2.24) is 9.62 Å². The molecule has 0 fully saturated rings. The molecule has 0 radical (unpaired) electrons. The molecule has 1 amide bonds. The van der Waals surface area contributed by atoms with Gasteiger partial charge in [0, 0.05) is 24.9 Å². The van der Waals surface area contributed by atoms with Gasteiger partial charge in [-0.1, -0.05) is 18.2 Å². The number of thiophene rings is 1. The second kappa shape index (κ2) is 7.92. The summed E-state index contributed by atoms with van der Waals surface area (Å²) in [6.07, 6.45) is 0.131. The SMILES string of the molecule is Cc1ccc(C)c(S(=O)(=O)NCCC(=O)N(C)Cc2cccs2)c1. The molecular weight excluding hydrogens is 344 g/mol. The van der Waals surface area contributed by atoms with E-state index in [1.165, 1.54) is 0 Å². The van der Waals surface area contributed by atoms with Crippen molar-refractivity contribution < 1.29 is 13.2 Å². The molecule has 0 saturated carbocycles. The van der Waals surface area contributed by atoms with Crippen molar-refractivity contribution in [3.63, 3.8) is 0 Å². The van der Waals surface area contributed by atoms with Gasteiger partial charge in [-0.15, -0.1) is 11.3 Å². The number of carbonyl (C=O) groups is 1. The number of nitrogens with one attached hydrogen (secondary N) is 1. The van der Waals surface area contributed by atoms with Crippen LogP contribution in [0.4, 0.5) is 0 Å². The molecule has 5 nitrogen and oxygen atoms in total. The lowest BCUT2D eigenvalue weighted by Crippen LogP contribution is -2.32. The zero-order valence-electron chi connectivity index (χ0n) is 14.1. The lowest BCUT2D eigenvalue weighted by Gasteiger charge is -2.16. The van der Waals surface area contributed by atoms with E-state index in [2.05, 4.69) is 4.72 Å². The molecule has 0 aliphatic rings. The molecule has 1 aromatic heterocycles. The van der Waals surface area contributed by atoms with Crippen molar-refractivity contribution in [2.75, 3.05) is 13.6 Å². The Hall–Kier alpha value is -1.70. The molecule has 0 aliphatic heterocycles. The van der Waals surface area contributed by atoms with Crippen molar-refractivity contribution in [3.05, 3.63) is 51.7 Å². The van der Waals surface area contributed by atoms with Crippen LogP contribution in [0.3, 0.4) is 0 Å². The Morgan fingerprint density at radius 2 is 2.00 bits per heavy atom. The molecule has 2 rings (SSSR count). The second-order valence-electron chi connectivity index (χ2n) is 5.75. The van der Waals surface area contributed by atoms with Gasteiger partial charge >= 0.3 is 0 Å². The monoisotopic (exact) mass is 366 g/mol. The van der Waals surface area contributed by atoms with Gasteiger partial charge in [0.2, 0.25) is 15.9 Å². The molecule has 0 saturated heterocycles. The minimum atomic E-state index is -3.60. The molecule has 1 N–H and O–H groups in total. The van der Waals surface area contributed by atoms with Gasteiger partial charge in [0.25, 0.3) is 0 Å². The highest BCUT2D eigenvalue weighted by molar-refractivity contribution is 7.89. The van der Waals surface area contributed by atoms with Gasteiger partial charge < -0.3 is 4.90 Å². The third kappa shape index (κ3) is 4.90. The van der Waals surface area contributed by atoms with E-state index in [-0.39, 0.29) is 23.8 Å². The van der Waals surface area contributed by atoms with E-state index in [1.807, 2.05) is 30.5 Å². The second-order valence-corrected chi connectivity index (χ2v) is 8.51. The summed E-state index contributed by atoms with van der Waals surface area (Å²) >= 11 is 1.59. The van der Waals surface area contributed by atoms with Crippen LogP contribution in [-0.2, 0) is 21.4 Å². The van der Waals surface area contributed by atoms with E-state index in [0.29, 0.717) is 12.1 Å². The summed E-state index contributed by atoms with van der Waals surface area (Å²) in [7, 11) is -1.88. The maximum Gasteiger partial charge on any atom is 0.240 e. The van der Waals surface area contributed by atoms with Gasteiger partial charge in [0.1, 0.15) is 0 Å². The topological polar surface area (TPSA) is 66.5 Å². The molecular formula is C17H22N2O3S2. The first-order chi connectivity index (χ1) is 11.3. The van der Waals surface area contributed by atoms with Crippen molar-refractivity contribution in [1.29, 1.82) is 0 Å². The zero-order chi connectivity index (χ0) is 17.7. The number of benzene rings is 1. The highest BCUT2D eigenvalue weighted by atomic mass is 32.2. The predicted molar refractivity (Wildman–Crippen MR) is 96.5 cm³/mol. The van der Waals surface area contributed by atoms with Gasteiger partial charge in [-0.2, -0.15) is 0 Å². The summed E-state index contributed by atoms with van der Waals surface area (Å²) in [4.78, 5) is 15.1. The van der Waals surface area contributed by atoms with Crippen LogP contribution in [0.15, 0.2) is 40.6 Å². The van der Waals surface area contributed by atoms with E-state index in [4.69, 9.17) is 0 Å². The Bertz CT molecular complexity index is 799. The summed E-state index contributed by atoms with van der Waals surface area (Å²) in [5.74, 6) is -0.0907. The van der Waals surface area contributed by atoms with E-state index in [0.717, 1.165) is 10.4 Å². The fraction of sp³-hybridized carbons (Fsp3) is 0.353. The highest BCUT2D eigenvalue weighted by Gasteiger charge is 2.18. The van der Waals surface area contributed by atoms with Crippen LogP contribution in [0, 0.1) is 13.8 Å². The maximum absolute atomic E-state index is 12.4. The predicted octanol–water partition coefficient (Wildman–Crippen LogP) is 2.69. The minimum Gasteiger partial charge on any atom is -0.341 e. The van der Waals surface area contributed by atoms with Crippen LogP contribution in [0.2, 0.25) is 0 Å². The average molecular weight is 367 g/mol. The van der Waals surface area contributed by atoms with Crippen molar-refractivity contribution in [2.24, 2.45) is 0 Å². The van der Waals surface area contributed by atoms with Gasteiger partial charge in [0.15, 0.2) is 0 Å². The molecule has 0 bridgehead atoms. The average Bonchev–Trinajstić information content (AvgIpc) is 3.02. The summed E-state index contributed by atoms with van der Waals surface area (Å²) in [5, 5.41) is 1.96. The van der Waals surface area contributed by atoms with Crippen LogP contribution < -0.4 is 4.72 Å². The molecule has 1 aromatic carbocycles. The summed E-state index contributed by atoms with van der Waals surface area (Å²) in [5.41, 5.74) is 1.57. The first kappa shape index (κ1) is 18.6. The molecule has 130 valence electrons. The van der Waals surface area contributed by atoms with Crippen LogP contribution in [0.5, 0.6) is 0 Å². The van der Waals surface area contributed by atoms with E-state index in [9.17, 15) is 13.2 Å². The normalized spacial score (nSPS) is 11.5. The molecule has 7 heteroatoms. The smallest absolute Gasteiger partial charge is 0.240 e. The minimum absolute atomic E-state index is 0.0866. The van der Waals surface area contributed by atoms with Crippen molar-refractivity contribution in [3.8, 4) is 0 Å². The lowest BCUT2D eigenvalue weighted by molar-refractivity contribution is -0.130. The van der Waals surface area contributed by atoms with Gasteiger partial charge in [-0.3, -0.25) is 4.79 Å². The maximum atomic E-state index is 12.4. The Morgan fingerprint density at radius 1 is 1.25 bits per heavy atom. The first-order valence-corrected chi connectivity index (χ1v) is 9.99. The number of carbonyl (C=O) groups excluding carboxylic acids is 1. The third-order valence-corrected chi connectivity index (χ3v) is 6.13. The van der Waals surface area contributed by atoms with Crippen LogP contribution in [0.25, 0.3) is 0 Å². The van der Waals surface area contributed by atoms with Crippen LogP contribution >= 0.6 is 11.3 Å². The van der Waals surface area contributed by atoms with Gasteiger partial charge in [-0.05, 0) is 42.5 Å². The fourth-order valence-electron chi connectivity index (χ4n) is 2.28. The quantitative estimate of drug-likeness (QED) is 0.819. The van der Waals surface area contributed by atoms with E-state index < -0.39 is 10.0 Å². The summed E-state index contributed by atoms with van der Waals surface area (Å²) in [6.45, 7) is 4.24. The molecule has 0 atom stereocenters. The molecule has 2 aromatic rings. The molecule has 24 heavy (non-hydrogen) atoms.